The molecular formula is C22H23BrN2O4. The molecule has 1 unspecified atom stereocenters. The number of halogens is 1. The molecule has 1 atom stereocenters. The number of hydrogen-bond acceptors (Lipinski definition) is 4. The van der Waals surface area contributed by atoms with Crippen molar-refractivity contribution in [3.8, 4) is 0 Å². The monoisotopic (exact) mass is 458 g/mol. The highest BCUT2D eigenvalue weighted by atomic mass is 79.9. The Morgan fingerprint density at radius 3 is 2.45 bits per heavy atom. The van der Waals surface area contributed by atoms with Crippen LogP contribution in [0.25, 0.3) is 0 Å². The fourth-order valence-corrected chi connectivity index (χ4v) is 3.67. The third kappa shape index (κ3) is 4.85. The zero-order chi connectivity index (χ0) is 21.2. The molecule has 2 aromatic carbocycles. The van der Waals surface area contributed by atoms with Crippen molar-refractivity contribution in [1.82, 2.24) is 10.2 Å². The minimum absolute atomic E-state index is 0.214. The van der Waals surface area contributed by atoms with Crippen LogP contribution in [-0.4, -0.2) is 34.8 Å². The molecule has 2 amide bonds. The van der Waals surface area contributed by atoms with E-state index in [9.17, 15) is 14.4 Å². The molecule has 1 aliphatic rings. The van der Waals surface area contributed by atoms with Crippen LogP contribution in [0.5, 0.6) is 0 Å². The van der Waals surface area contributed by atoms with E-state index in [0.29, 0.717) is 11.1 Å². The maximum Gasteiger partial charge on any atom is 0.325 e. The second kappa shape index (κ2) is 8.37. The second-order valence-electron chi connectivity index (χ2n) is 7.82. The van der Waals surface area contributed by atoms with Gasteiger partial charge in [-0.3, -0.25) is 14.4 Å². The molecule has 0 aromatic heterocycles. The fourth-order valence-electron chi connectivity index (χ4n) is 3.26. The number of carbonyl (C=O) groups excluding carboxylic acids is 3. The van der Waals surface area contributed by atoms with Crippen LogP contribution in [0.4, 0.5) is 0 Å². The van der Waals surface area contributed by atoms with Crippen molar-refractivity contribution in [2.24, 2.45) is 0 Å². The summed E-state index contributed by atoms with van der Waals surface area (Å²) in [6.07, 6.45) is 0. The summed E-state index contributed by atoms with van der Waals surface area (Å²) in [7, 11) is 0. The number of fused-ring (bicyclic) bond motifs is 1. The van der Waals surface area contributed by atoms with Gasteiger partial charge >= 0.3 is 5.97 Å². The molecule has 1 heterocycles. The first-order chi connectivity index (χ1) is 13.7. The number of nitrogens with zero attached hydrogens (tertiary/aromatic N) is 1. The molecule has 1 N–H and O–H groups in total. The van der Waals surface area contributed by atoms with Crippen molar-refractivity contribution in [2.45, 2.75) is 39.0 Å². The zero-order valence-corrected chi connectivity index (χ0v) is 18.2. The third-order valence-electron chi connectivity index (χ3n) is 4.43. The lowest BCUT2D eigenvalue weighted by molar-refractivity contribution is -0.154. The van der Waals surface area contributed by atoms with Gasteiger partial charge in [0.05, 0.1) is 0 Å². The summed E-state index contributed by atoms with van der Waals surface area (Å²) in [6.45, 7) is 5.29. The van der Waals surface area contributed by atoms with Crippen LogP contribution < -0.4 is 5.32 Å². The minimum Gasteiger partial charge on any atom is -0.459 e. The van der Waals surface area contributed by atoms with Crippen LogP contribution in [0.1, 0.15) is 48.3 Å². The number of nitrogens with one attached hydrogen (secondary N) is 1. The molecule has 3 rings (SSSR count). The summed E-state index contributed by atoms with van der Waals surface area (Å²) >= 11 is 3.49. The van der Waals surface area contributed by atoms with E-state index in [-0.39, 0.29) is 19.0 Å². The maximum absolute atomic E-state index is 13.0. The lowest BCUT2D eigenvalue weighted by Crippen LogP contribution is -2.41. The molecule has 0 aliphatic carbocycles. The Bertz CT molecular complexity index is 952. The number of amides is 2. The highest BCUT2D eigenvalue weighted by Crippen LogP contribution is 2.35. The highest BCUT2D eigenvalue weighted by Gasteiger charge is 2.41. The van der Waals surface area contributed by atoms with Crippen molar-refractivity contribution in [2.75, 3.05) is 6.54 Å². The van der Waals surface area contributed by atoms with E-state index < -0.39 is 23.5 Å². The van der Waals surface area contributed by atoms with Gasteiger partial charge in [-0.25, -0.2) is 0 Å². The molecular weight excluding hydrogens is 436 g/mol. The average molecular weight is 459 g/mol. The Morgan fingerprint density at radius 1 is 1.10 bits per heavy atom. The number of rotatable bonds is 5. The summed E-state index contributed by atoms with van der Waals surface area (Å²) in [6, 6.07) is 13.8. The van der Waals surface area contributed by atoms with Crippen molar-refractivity contribution >= 4 is 33.7 Å². The van der Waals surface area contributed by atoms with Crippen molar-refractivity contribution < 1.29 is 19.1 Å². The van der Waals surface area contributed by atoms with Gasteiger partial charge in [0, 0.05) is 16.6 Å². The van der Waals surface area contributed by atoms with Crippen LogP contribution in [0.15, 0.2) is 53.0 Å². The van der Waals surface area contributed by atoms with Gasteiger partial charge in [0.1, 0.15) is 18.2 Å². The van der Waals surface area contributed by atoms with Crippen LogP contribution in [0.2, 0.25) is 0 Å². The molecule has 2 aromatic rings. The molecule has 0 radical (unpaired) electrons. The second-order valence-corrected chi connectivity index (χ2v) is 8.67. The summed E-state index contributed by atoms with van der Waals surface area (Å²) in [5, 5.41) is 2.62. The number of esters is 1. The lowest BCUT2D eigenvalue weighted by Gasteiger charge is -2.25. The van der Waals surface area contributed by atoms with Gasteiger partial charge < -0.3 is 15.0 Å². The molecule has 0 bridgehead atoms. The van der Waals surface area contributed by atoms with E-state index in [1.54, 1.807) is 45.0 Å². The fraction of sp³-hybridized carbons (Fsp3) is 0.318. The van der Waals surface area contributed by atoms with Gasteiger partial charge in [0.25, 0.3) is 5.91 Å². The Balaban J connectivity index is 1.82. The summed E-state index contributed by atoms with van der Waals surface area (Å²) in [4.78, 5) is 39.5. The Kier molecular flexibility index (Phi) is 6.07. The Hall–Kier alpha value is -2.67. The van der Waals surface area contributed by atoms with E-state index in [1.165, 1.54) is 4.90 Å². The first kappa shape index (κ1) is 21.0. The SMILES string of the molecule is CC(C)(C)OC(=O)CNC(=O)C1c2ccccc2C(=O)N1Cc1ccccc1Br. The van der Waals surface area contributed by atoms with E-state index >= 15 is 0 Å². The van der Waals surface area contributed by atoms with Crippen LogP contribution in [0.3, 0.4) is 0 Å². The maximum atomic E-state index is 13.0. The van der Waals surface area contributed by atoms with E-state index in [0.717, 1.165) is 10.0 Å². The smallest absolute Gasteiger partial charge is 0.325 e. The van der Waals surface area contributed by atoms with Crippen molar-refractivity contribution in [3.63, 3.8) is 0 Å². The number of hydrogen-bond donors (Lipinski definition) is 1. The van der Waals surface area contributed by atoms with Gasteiger partial charge in [-0.05, 0) is 44.0 Å². The van der Waals surface area contributed by atoms with Crippen molar-refractivity contribution in [3.05, 3.63) is 69.7 Å². The summed E-state index contributed by atoms with van der Waals surface area (Å²) in [5.41, 5.74) is 1.38. The Morgan fingerprint density at radius 2 is 1.76 bits per heavy atom. The minimum atomic E-state index is -0.812. The molecule has 152 valence electrons. The quantitative estimate of drug-likeness (QED) is 0.694. The molecule has 29 heavy (non-hydrogen) atoms. The van der Waals surface area contributed by atoms with E-state index in [1.807, 2.05) is 24.3 Å². The van der Waals surface area contributed by atoms with Gasteiger partial charge in [0.2, 0.25) is 5.91 Å². The van der Waals surface area contributed by atoms with Gasteiger partial charge in [0.15, 0.2) is 0 Å². The van der Waals surface area contributed by atoms with E-state index in [4.69, 9.17) is 4.74 Å². The number of ether oxygens (including phenoxy) is 1. The zero-order valence-electron chi connectivity index (χ0n) is 16.6. The van der Waals surface area contributed by atoms with Crippen molar-refractivity contribution in [1.29, 1.82) is 0 Å². The third-order valence-corrected chi connectivity index (χ3v) is 5.21. The van der Waals surface area contributed by atoms with E-state index in [2.05, 4.69) is 21.2 Å². The van der Waals surface area contributed by atoms with Gasteiger partial charge in [-0.2, -0.15) is 0 Å². The number of benzene rings is 2. The Labute approximate surface area is 178 Å². The van der Waals surface area contributed by atoms with Gasteiger partial charge in [-0.15, -0.1) is 0 Å². The molecule has 6 nitrogen and oxygen atoms in total. The molecule has 0 spiro atoms. The van der Waals surface area contributed by atoms with Crippen LogP contribution >= 0.6 is 15.9 Å². The number of carbonyl (C=O) groups is 3. The first-order valence-electron chi connectivity index (χ1n) is 9.30. The van der Waals surface area contributed by atoms with Crippen LogP contribution in [0, 0.1) is 0 Å². The molecule has 0 fully saturated rings. The summed E-state index contributed by atoms with van der Waals surface area (Å²) < 4.78 is 6.10. The van der Waals surface area contributed by atoms with Gasteiger partial charge in [-0.1, -0.05) is 52.3 Å². The largest absolute Gasteiger partial charge is 0.459 e. The normalized spacial score (nSPS) is 15.8. The molecule has 7 heteroatoms. The predicted molar refractivity (Wildman–Crippen MR) is 112 cm³/mol. The summed E-state index contributed by atoms with van der Waals surface area (Å²) in [5.74, 6) is -1.16. The van der Waals surface area contributed by atoms with Crippen LogP contribution in [-0.2, 0) is 20.9 Å². The molecule has 0 saturated carbocycles. The molecule has 0 saturated heterocycles. The first-order valence-corrected chi connectivity index (χ1v) is 10.1. The lowest BCUT2D eigenvalue weighted by atomic mass is 10.0. The standard InChI is InChI=1S/C22H23BrN2O4/c1-22(2,3)29-18(26)12-24-20(27)19-15-9-5-6-10-16(15)21(28)25(19)13-14-8-4-7-11-17(14)23/h4-11,19H,12-13H2,1-3H3,(H,24,27). The molecule has 1 aliphatic heterocycles. The topological polar surface area (TPSA) is 75.7 Å². The average Bonchev–Trinajstić information content (AvgIpc) is 2.93. The highest BCUT2D eigenvalue weighted by molar-refractivity contribution is 9.10. The predicted octanol–water partition coefficient (Wildman–Crippen LogP) is 3.60.